The van der Waals surface area contributed by atoms with Crippen LogP contribution >= 0.6 is 23.4 Å². The highest BCUT2D eigenvalue weighted by Gasteiger charge is 2.19. The molecule has 206 valence electrons. The molecule has 0 aliphatic rings. The van der Waals surface area contributed by atoms with E-state index in [1.54, 1.807) is 17.8 Å². The molecule has 0 aliphatic carbocycles. The zero-order chi connectivity index (χ0) is 29.1. The zero-order valence-electron chi connectivity index (χ0n) is 22.8. The molecule has 0 bridgehead atoms. The van der Waals surface area contributed by atoms with E-state index < -0.39 is 5.97 Å². The van der Waals surface area contributed by atoms with E-state index >= 15 is 0 Å². The van der Waals surface area contributed by atoms with Gasteiger partial charge in [0, 0.05) is 74.6 Å². The van der Waals surface area contributed by atoms with Crippen molar-refractivity contribution < 1.29 is 19.2 Å². The predicted molar refractivity (Wildman–Crippen MR) is 165 cm³/mol. The number of benzene rings is 4. The second kappa shape index (κ2) is 12.1. The van der Waals surface area contributed by atoms with Gasteiger partial charge in [0.25, 0.3) is 0 Å². The van der Waals surface area contributed by atoms with Gasteiger partial charge in [-0.2, -0.15) is 0 Å². The third kappa shape index (κ3) is 6.11. The Kier molecular flexibility index (Phi) is 8.38. The molecule has 0 saturated carbocycles. The fourth-order valence-corrected chi connectivity index (χ4v) is 5.75. The maximum atomic E-state index is 13.6. The highest BCUT2D eigenvalue weighted by Crippen LogP contribution is 2.31. The maximum Gasteiger partial charge on any atom is 0.331 e. The van der Waals surface area contributed by atoms with Crippen molar-refractivity contribution in [1.82, 2.24) is 4.57 Å². The number of carbonyl (C=O) groups excluding carboxylic acids is 3. The van der Waals surface area contributed by atoms with Crippen molar-refractivity contribution in [2.75, 3.05) is 5.75 Å². The minimum atomic E-state index is -0.601. The van der Waals surface area contributed by atoms with Gasteiger partial charge < -0.3 is 9.40 Å². The summed E-state index contributed by atoms with van der Waals surface area (Å²) < 4.78 is 2.04. The molecule has 0 saturated heterocycles. The molecule has 0 aliphatic heterocycles. The zero-order valence-corrected chi connectivity index (χ0v) is 24.4. The van der Waals surface area contributed by atoms with Crippen LogP contribution in [0.15, 0.2) is 95.0 Å². The van der Waals surface area contributed by atoms with Gasteiger partial charge in [-0.05, 0) is 73.2 Å². The number of fused-ring (bicyclic) bond motifs is 3. The lowest BCUT2D eigenvalue weighted by Gasteiger charge is -2.07. The molecular formula is C33H27ClN2O4S. The number of aromatic nitrogens is 1. The summed E-state index contributed by atoms with van der Waals surface area (Å²) in [4.78, 5) is 44.3. The number of Topliss-reactive ketones (excluding diaryl/α,β-unsaturated/α-hetero) is 1. The van der Waals surface area contributed by atoms with E-state index in [0.717, 1.165) is 32.3 Å². The molecule has 0 fully saturated rings. The van der Waals surface area contributed by atoms with Crippen LogP contribution in [0.4, 0.5) is 0 Å². The summed E-state index contributed by atoms with van der Waals surface area (Å²) >= 11 is 7.52. The Hall–Kier alpha value is -4.20. The number of thioether (sulfide) groups is 1. The van der Waals surface area contributed by atoms with E-state index in [4.69, 9.17) is 16.4 Å². The summed E-state index contributed by atoms with van der Waals surface area (Å²) in [6, 6.07) is 26.1. The number of hydrogen-bond acceptors (Lipinski definition) is 6. The van der Waals surface area contributed by atoms with Crippen molar-refractivity contribution in [2.24, 2.45) is 12.2 Å². The summed E-state index contributed by atoms with van der Waals surface area (Å²) in [5.41, 5.74) is 4.59. The lowest BCUT2D eigenvalue weighted by Crippen LogP contribution is -2.16. The number of halogens is 1. The predicted octanol–water partition coefficient (Wildman–Crippen LogP) is 7.81. The molecule has 5 aromatic rings. The third-order valence-corrected chi connectivity index (χ3v) is 8.15. The highest BCUT2D eigenvalue weighted by molar-refractivity contribution is 7.99. The minimum absolute atomic E-state index is 0.0526. The minimum Gasteiger partial charge on any atom is -0.344 e. The first kappa shape index (κ1) is 28.3. The van der Waals surface area contributed by atoms with Gasteiger partial charge in [0.2, 0.25) is 5.78 Å². The van der Waals surface area contributed by atoms with E-state index in [2.05, 4.69) is 5.16 Å². The van der Waals surface area contributed by atoms with Crippen LogP contribution in [0.3, 0.4) is 0 Å². The lowest BCUT2D eigenvalue weighted by atomic mass is 9.97. The first-order chi connectivity index (χ1) is 19.7. The number of oxime groups is 1. The molecule has 41 heavy (non-hydrogen) atoms. The Labute approximate surface area is 246 Å². The molecular weight excluding hydrogens is 556 g/mol. The molecule has 0 unspecified atom stereocenters. The Balaban J connectivity index is 1.48. The van der Waals surface area contributed by atoms with E-state index in [1.807, 2.05) is 97.4 Å². The largest absolute Gasteiger partial charge is 0.344 e. The normalized spacial score (nSPS) is 11.7. The first-order valence-electron chi connectivity index (χ1n) is 13.0. The Morgan fingerprint density at radius 2 is 1.51 bits per heavy atom. The second-order valence-corrected chi connectivity index (χ2v) is 11.3. The maximum absolute atomic E-state index is 13.6. The molecule has 8 heteroatoms. The number of nitrogens with zero attached hydrogens (tertiary/aromatic N) is 2. The van der Waals surface area contributed by atoms with Gasteiger partial charge in [0.15, 0.2) is 5.78 Å². The van der Waals surface area contributed by atoms with Gasteiger partial charge in [-0.25, -0.2) is 4.79 Å². The first-order valence-corrected chi connectivity index (χ1v) is 14.4. The van der Waals surface area contributed by atoms with E-state index in [-0.39, 0.29) is 17.3 Å². The van der Waals surface area contributed by atoms with Gasteiger partial charge in [-0.1, -0.05) is 41.0 Å². The molecule has 6 nitrogen and oxygen atoms in total. The molecule has 0 radical (unpaired) electrons. The number of carbonyl (C=O) groups is 3. The van der Waals surface area contributed by atoms with Crippen LogP contribution in [0.2, 0.25) is 5.02 Å². The van der Waals surface area contributed by atoms with E-state index in [9.17, 15) is 14.4 Å². The van der Waals surface area contributed by atoms with Crippen molar-refractivity contribution in [3.8, 4) is 0 Å². The number of ketones is 2. The van der Waals surface area contributed by atoms with Gasteiger partial charge in [-0.3, -0.25) is 9.59 Å². The SMILES string of the molecule is CC(=O)O/N=C(\CCSc1ccc(Cl)cc1)C(=O)c1ccc2c(c1)c1cc(C(=O)c3ccccc3C)ccc1n2C. The molecule has 0 spiro atoms. The van der Waals surface area contributed by atoms with Crippen LogP contribution in [-0.2, 0) is 16.7 Å². The Morgan fingerprint density at radius 1 is 0.878 bits per heavy atom. The van der Waals surface area contributed by atoms with Crippen LogP contribution in [0.5, 0.6) is 0 Å². The Bertz CT molecular complexity index is 1840. The molecule has 0 N–H and O–H groups in total. The number of aryl methyl sites for hydroxylation is 2. The average Bonchev–Trinajstić information content (AvgIpc) is 3.25. The van der Waals surface area contributed by atoms with Crippen molar-refractivity contribution in [1.29, 1.82) is 0 Å². The fraction of sp³-hybridized carbons (Fsp3) is 0.152. The summed E-state index contributed by atoms with van der Waals surface area (Å²) in [5.74, 6) is -0.429. The summed E-state index contributed by atoms with van der Waals surface area (Å²) in [7, 11) is 1.95. The van der Waals surface area contributed by atoms with Crippen LogP contribution in [0, 0.1) is 6.92 Å². The quantitative estimate of drug-likeness (QED) is 0.0582. The molecule has 5 rings (SSSR count). The highest BCUT2D eigenvalue weighted by atomic mass is 35.5. The molecule has 1 heterocycles. The van der Waals surface area contributed by atoms with Gasteiger partial charge in [-0.15, -0.1) is 11.8 Å². The molecule has 1 aromatic heterocycles. The van der Waals surface area contributed by atoms with Crippen molar-refractivity contribution >= 4 is 68.4 Å². The van der Waals surface area contributed by atoms with Crippen molar-refractivity contribution in [3.05, 3.63) is 112 Å². The van der Waals surface area contributed by atoms with Gasteiger partial charge in [0.1, 0.15) is 5.71 Å². The molecule has 4 aromatic carbocycles. The summed E-state index contributed by atoms with van der Waals surface area (Å²) in [5, 5.41) is 6.27. The average molecular weight is 583 g/mol. The lowest BCUT2D eigenvalue weighted by molar-refractivity contribution is -0.140. The van der Waals surface area contributed by atoms with E-state index in [1.165, 1.54) is 6.92 Å². The third-order valence-electron chi connectivity index (χ3n) is 6.89. The summed E-state index contributed by atoms with van der Waals surface area (Å²) in [6.45, 7) is 3.16. The Morgan fingerprint density at radius 3 is 2.17 bits per heavy atom. The van der Waals surface area contributed by atoms with Gasteiger partial charge >= 0.3 is 5.97 Å². The van der Waals surface area contributed by atoms with Crippen LogP contribution in [-0.4, -0.2) is 33.6 Å². The fourth-order valence-electron chi connectivity index (χ4n) is 4.77. The summed E-state index contributed by atoms with van der Waals surface area (Å²) in [6.07, 6.45) is 0.294. The van der Waals surface area contributed by atoms with Crippen molar-refractivity contribution in [3.63, 3.8) is 0 Å². The second-order valence-electron chi connectivity index (χ2n) is 9.67. The van der Waals surface area contributed by atoms with Crippen LogP contribution < -0.4 is 0 Å². The standard InChI is InChI=1S/C33H27ClN2O4S/c1-20-6-4-5-7-26(20)32(38)22-8-14-30-27(18-22)28-19-23(9-15-31(28)36(30)3)33(39)29(35-40-21(2)37)16-17-41-25-12-10-24(34)11-13-25/h4-15,18-19H,16-17H2,1-3H3/b35-29+. The number of hydrogen-bond donors (Lipinski definition) is 0. The monoisotopic (exact) mass is 582 g/mol. The molecule has 0 atom stereocenters. The van der Waals surface area contributed by atoms with Gasteiger partial charge in [0.05, 0.1) is 0 Å². The number of rotatable bonds is 9. The molecule has 0 amide bonds. The smallest absolute Gasteiger partial charge is 0.331 e. The topological polar surface area (TPSA) is 77.7 Å². The van der Waals surface area contributed by atoms with Crippen LogP contribution in [0.25, 0.3) is 21.8 Å². The van der Waals surface area contributed by atoms with E-state index in [0.29, 0.717) is 33.9 Å². The van der Waals surface area contributed by atoms with Crippen molar-refractivity contribution in [2.45, 2.75) is 25.2 Å². The van der Waals surface area contributed by atoms with Crippen LogP contribution in [0.1, 0.15) is 45.2 Å².